The summed E-state index contributed by atoms with van der Waals surface area (Å²) in [5, 5.41) is 7.28. The molecule has 1 heterocycles. The first-order chi connectivity index (χ1) is 7.18. The van der Waals surface area contributed by atoms with E-state index in [-0.39, 0.29) is 5.17 Å². The number of hydrogen-bond donors (Lipinski definition) is 2. The van der Waals surface area contributed by atoms with Crippen LogP contribution in [0.2, 0.25) is 0 Å². The number of rotatable bonds is 5. The Morgan fingerprint density at radius 1 is 1.53 bits per heavy atom. The van der Waals surface area contributed by atoms with Gasteiger partial charge in [-0.3, -0.25) is 5.41 Å². The molecular weight excluding hydrogens is 206 g/mol. The molecule has 0 atom stereocenters. The van der Waals surface area contributed by atoms with E-state index < -0.39 is 0 Å². The van der Waals surface area contributed by atoms with E-state index in [4.69, 9.17) is 11.1 Å². The second-order valence-corrected chi connectivity index (χ2v) is 4.68. The van der Waals surface area contributed by atoms with Gasteiger partial charge in [0, 0.05) is 17.4 Å². The van der Waals surface area contributed by atoms with E-state index in [1.807, 2.05) is 13.2 Å². The molecule has 0 unspecified atom stereocenters. The zero-order chi connectivity index (χ0) is 11.1. The predicted octanol–water partition coefficient (Wildman–Crippen LogP) is 1.46. The fraction of sp³-hybridized carbons (Fsp3) is 0.455. The van der Waals surface area contributed by atoms with Crippen molar-refractivity contribution in [3.05, 3.63) is 30.1 Å². The largest absolute Gasteiger partial charge is 0.379 e. The molecule has 1 rings (SSSR count). The van der Waals surface area contributed by atoms with Crippen molar-refractivity contribution in [1.82, 2.24) is 0 Å². The molecular formula is C11H18N3S+. The van der Waals surface area contributed by atoms with Crippen LogP contribution in [0, 0.1) is 5.41 Å². The van der Waals surface area contributed by atoms with Crippen LogP contribution in [-0.4, -0.2) is 10.9 Å². The van der Waals surface area contributed by atoms with Gasteiger partial charge in [-0.05, 0) is 25.3 Å². The van der Waals surface area contributed by atoms with Gasteiger partial charge in [0.1, 0.15) is 7.05 Å². The summed E-state index contributed by atoms with van der Waals surface area (Å²) in [7, 11) is 2.04. The molecule has 0 amide bonds. The molecule has 0 spiro atoms. The van der Waals surface area contributed by atoms with Crippen molar-refractivity contribution in [1.29, 1.82) is 5.41 Å². The highest BCUT2D eigenvalue weighted by Crippen LogP contribution is 2.07. The number of nitrogens with zero attached hydrogens (tertiary/aromatic N) is 1. The van der Waals surface area contributed by atoms with E-state index >= 15 is 0 Å². The first-order valence-electron chi connectivity index (χ1n) is 5.09. The number of pyridine rings is 1. The maximum atomic E-state index is 7.06. The van der Waals surface area contributed by atoms with Gasteiger partial charge in [-0.1, -0.05) is 11.8 Å². The molecule has 0 aliphatic rings. The molecule has 15 heavy (non-hydrogen) atoms. The van der Waals surface area contributed by atoms with Gasteiger partial charge in [-0.25, -0.2) is 4.57 Å². The smallest absolute Gasteiger partial charge is 0.171 e. The summed E-state index contributed by atoms with van der Waals surface area (Å²) in [6.45, 7) is 0. The SMILES string of the molecule is C[n+]1cccc(CCCCSC(=N)N)c1. The number of amidine groups is 1. The van der Waals surface area contributed by atoms with Gasteiger partial charge in [0.25, 0.3) is 0 Å². The van der Waals surface area contributed by atoms with Crippen molar-refractivity contribution in [2.24, 2.45) is 12.8 Å². The van der Waals surface area contributed by atoms with Crippen LogP contribution in [0.3, 0.4) is 0 Å². The molecule has 0 aliphatic carbocycles. The lowest BCUT2D eigenvalue weighted by Crippen LogP contribution is -2.26. The third-order valence-corrected chi connectivity index (χ3v) is 2.92. The molecule has 0 aromatic carbocycles. The molecule has 0 saturated carbocycles. The Hall–Kier alpha value is -1.03. The standard InChI is InChI=1S/C11H18N3S/c1-14-7-4-6-10(9-14)5-2-3-8-15-11(12)13/h4,6-7,9H,2-3,5,8H2,1H3,(H3,12,13)/q+1. The van der Waals surface area contributed by atoms with Crippen molar-refractivity contribution in [2.45, 2.75) is 19.3 Å². The van der Waals surface area contributed by atoms with E-state index in [1.54, 1.807) is 0 Å². The van der Waals surface area contributed by atoms with E-state index in [2.05, 4.69) is 22.9 Å². The number of aromatic nitrogens is 1. The van der Waals surface area contributed by atoms with Crippen molar-refractivity contribution in [3.8, 4) is 0 Å². The number of aryl methyl sites for hydroxylation is 2. The molecule has 0 saturated heterocycles. The molecule has 0 bridgehead atoms. The first-order valence-corrected chi connectivity index (χ1v) is 6.08. The van der Waals surface area contributed by atoms with Crippen LogP contribution in [0.1, 0.15) is 18.4 Å². The Morgan fingerprint density at radius 2 is 2.33 bits per heavy atom. The summed E-state index contributed by atoms with van der Waals surface area (Å²) >= 11 is 1.43. The van der Waals surface area contributed by atoms with Crippen LogP contribution < -0.4 is 10.3 Å². The lowest BCUT2D eigenvalue weighted by molar-refractivity contribution is -0.671. The summed E-state index contributed by atoms with van der Waals surface area (Å²) in [5.74, 6) is 0.953. The lowest BCUT2D eigenvalue weighted by atomic mass is 10.1. The summed E-state index contributed by atoms with van der Waals surface area (Å²) in [6.07, 6.45) is 7.56. The number of hydrogen-bond acceptors (Lipinski definition) is 2. The Labute approximate surface area is 95.2 Å². The predicted molar refractivity (Wildman–Crippen MR) is 64.9 cm³/mol. The monoisotopic (exact) mass is 224 g/mol. The molecule has 1 aromatic heterocycles. The Balaban J connectivity index is 2.17. The summed E-state index contributed by atoms with van der Waals surface area (Å²) in [5.41, 5.74) is 6.62. The van der Waals surface area contributed by atoms with Crippen LogP contribution in [0.5, 0.6) is 0 Å². The minimum Gasteiger partial charge on any atom is -0.379 e. The van der Waals surface area contributed by atoms with E-state index in [0.29, 0.717) is 0 Å². The number of thioether (sulfide) groups is 1. The van der Waals surface area contributed by atoms with Gasteiger partial charge in [0.05, 0.1) is 0 Å². The maximum absolute atomic E-state index is 7.06. The van der Waals surface area contributed by atoms with Crippen molar-refractivity contribution < 1.29 is 4.57 Å². The van der Waals surface area contributed by atoms with Gasteiger partial charge in [-0.15, -0.1) is 0 Å². The fourth-order valence-corrected chi connectivity index (χ4v) is 1.98. The van der Waals surface area contributed by atoms with Gasteiger partial charge in [0.2, 0.25) is 0 Å². The van der Waals surface area contributed by atoms with Crippen molar-refractivity contribution in [2.75, 3.05) is 5.75 Å². The van der Waals surface area contributed by atoms with Crippen molar-refractivity contribution >= 4 is 16.9 Å². The van der Waals surface area contributed by atoms with E-state index in [9.17, 15) is 0 Å². The average Bonchev–Trinajstić information content (AvgIpc) is 2.17. The molecule has 3 N–H and O–H groups in total. The Morgan fingerprint density at radius 3 is 3.00 bits per heavy atom. The minimum absolute atomic E-state index is 0.223. The highest BCUT2D eigenvalue weighted by molar-refractivity contribution is 8.13. The zero-order valence-corrected chi connectivity index (χ0v) is 9.89. The molecule has 82 valence electrons. The molecule has 4 heteroatoms. The molecule has 1 aromatic rings. The minimum atomic E-state index is 0.223. The van der Waals surface area contributed by atoms with Gasteiger partial charge in [-0.2, -0.15) is 0 Å². The van der Waals surface area contributed by atoms with E-state index in [0.717, 1.165) is 25.0 Å². The summed E-state index contributed by atoms with van der Waals surface area (Å²) < 4.78 is 2.07. The van der Waals surface area contributed by atoms with E-state index in [1.165, 1.54) is 17.3 Å². The molecule has 0 radical (unpaired) electrons. The fourth-order valence-electron chi connectivity index (χ4n) is 1.41. The quantitative estimate of drug-likeness (QED) is 0.344. The third kappa shape index (κ3) is 5.42. The Kier molecular flexibility index (Phi) is 5.18. The van der Waals surface area contributed by atoms with Crippen LogP contribution in [0.15, 0.2) is 24.5 Å². The van der Waals surface area contributed by atoms with Gasteiger partial charge >= 0.3 is 0 Å². The molecule has 0 aliphatic heterocycles. The van der Waals surface area contributed by atoms with Gasteiger partial charge in [0.15, 0.2) is 17.6 Å². The number of nitrogens with one attached hydrogen (secondary N) is 1. The molecule has 3 nitrogen and oxygen atoms in total. The average molecular weight is 224 g/mol. The zero-order valence-electron chi connectivity index (χ0n) is 9.07. The van der Waals surface area contributed by atoms with Crippen molar-refractivity contribution in [3.63, 3.8) is 0 Å². The second-order valence-electron chi connectivity index (χ2n) is 3.55. The normalized spacial score (nSPS) is 10.2. The summed E-state index contributed by atoms with van der Waals surface area (Å²) in [4.78, 5) is 0. The topological polar surface area (TPSA) is 53.8 Å². The first kappa shape index (κ1) is 12.0. The lowest BCUT2D eigenvalue weighted by Gasteiger charge is -2.00. The van der Waals surface area contributed by atoms with Gasteiger partial charge < -0.3 is 5.73 Å². The van der Waals surface area contributed by atoms with Crippen LogP contribution in [0.25, 0.3) is 0 Å². The third-order valence-electron chi connectivity index (χ3n) is 2.12. The Bertz CT molecular complexity index is 325. The maximum Gasteiger partial charge on any atom is 0.171 e. The van der Waals surface area contributed by atoms with Crippen LogP contribution >= 0.6 is 11.8 Å². The van der Waals surface area contributed by atoms with Crippen LogP contribution in [-0.2, 0) is 13.5 Å². The highest BCUT2D eigenvalue weighted by atomic mass is 32.2. The van der Waals surface area contributed by atoms with Crippen LogP contribution in [0.4, 0.5) is 0 Å². The summed E-state index contributed by atoms with van der Waals surface area (Å²) in [6, 6.07) is 4.22. The number of nitrogens with two attached hydrogens (primary N) is 1. The highest BCUT2D eigenvalue weighted by Gasteiger charge is 1.98. The number of unbranched alkanes of at least 4 members (excludes halogenated alkanes) is 1. The molecule has 0 fully saturated rings. The second kappa shape index (κ2) is 6.45.